The summed E-state index contributed by atoms with van der Waals surface area (Å²) in [6.45, 7) is 7.90. The lowest BCUT2D eigenvalue weighted by molar-refractivity contribution is 0.0949. The predicted molar refractivity (Wildman–Crippen MR) is 75.6 cm³/mol. The lowest BCUT2D eigenvalue weighted by Gasteiger charge is -2.19. The number of nitrogens with one attached hydrogen (secondary N) is 1. The SMILES string of the molecule is CCCN(CC)CCNC(=O)c1ccccc1N. The second-order valence-electron chi connectivity index (χ2n) is 4.28. The maximum Gasteiger partial charge on any atom is 0.253 e. The van der Waals surface area contributed by atoms with Crippen LogP contribution >= 0.6 is 0 Å². The van der Waals surface area contributed by atoms with E-state index in [0.717, 1.165) is 26.1 Å². The Labute approximate surface area is 109 Å². The maximum atomic E-state index is 11.9. The molecule has 0 atom stereocenters. The zero-order valence-corrected chi connectivity index (χ0v) is 11.3. The maximum absolute atomic E-state index is 11.9. The van der Waals surface area contributed by atoms with Crippen molar-refractivity contribution >= 4 is 11.6 Å². The Balaban J connectivity index is 2.40. The Bertz CT molecular complexity index is 379. The molecule has 0 aliphatic rings. The van der Waals surface area contributed by atoms with Gasteiger partial charge in [-0.2, -0.15) is 0 Å². The van der Waals surface area contributed by atoms with E-state index in [4.69, 9.17) is 5.73 Å². The smallest absolute Gasteiger partial charge is 0.253 e. The normalized spacial score (nSPS) is 10.6. The number of carbonyl (C=O) groups excluding carboxylic acids is 1. The molecular weight excluding hydrogens is 226 g/mol. The summed E-state index contributed by atoms with van der Waals surface area (Å²) in [5.74, 6) is -0.0966. The first kappa shape index (κ1) is 14.5. The number of nitrogen functional groups attached to an aromatic ring is 1. The summed E-state index contributed by atoms with van der Waals surface area (Å²) in [5.41, 5.74) is 6.83. The number of para-hydroxylation sites is 1. The van der Waals surface area contributed by atoms with Crippen LogP contribution < -0.4 is 11.1 Å². The molecule has 1 rings (SSSR count). The van der Waals surface area contributed by atoms with Crippen LogP contribution in [0.1, 0.15) is 30.6 Å². The highest BCUT2D eigenvalue weighted by Crippen LogP contribution is 2.09. The summed E-state index contributed by atoms with van der Waals surface area (Å²) < 4.78 is 0. The molecule has 0 aliphatic heterocycles. The van der Waals surface area contributed by atoms with Gasteiger partial charge in [0.25, 0.3) is 5.91 Å². The Hall–Kier alpha value is -1.55. The fourth-order valence-corrected chi connectivity index (χ4v) is 1.87. The number of benzene rings is 1. The predicted octanol–water partition coefficient (Wildman–Crippen LogP) is 1.73. The number of rotatable bonds is 7. The molecule has 0 radical (unpaired) electrons. The number of nitrogens with two attached hydrogens (primary N) is 1. The molecule has 0 aromatic heterocycles. The third-order valence-electron chi connectivity index (χ3n) is 2.91. The monoisotopic (exact) mass is 249 g/mol. The molecule has 0 heterocycles. The molecule has 0 unspecified atom stereocenters. The minimum absolute atomic E-state index is 0.0966. The zero-order valence-electron chi connectivity index (χ0n) is 11.3. The Morgan fingerprint density at radius 3 is 2.61 bits per heavy atom. The van der Waals surface area contributed by atoms with E-state index in [0.29, 0.717) is 17.8 Å². The van der Waals surface area contributed by atoms with Crippen LogP contribution in [0.2, 0.25) is 0 Å². The van der Waals surface area contributed by atoms with Crippen molar-refractivity contribution in [2.45, 2.75) is 20.3 Å². The van der Waals surface area contributed by atoms with Gasteiger partial charge in [0, 0.05) is 18.8 Å². The van der Waals surface area contributed by atoms with Crippen molar-refractivity contribution in [1.82, 2.24) is 10.2 Å². The highest BCUT2D eigenvalue weighted by atomic mass is 16.1. The summed E-state index contributed by atoms with van der Waals surface area (Å²) in [6.07, 6.45) is 1.13. The third kappa shape index (κ3) is 4.37. The molecule has 3 N–H and O–H groups in total. The van der Waals surface area contributed by atoms with E-state index in [9.17, 15) is 4.79 Å². The van der Waals surface area contributed by atoms with E-state index in [1.165, 1.54) is 0 Å². The number of anilines is 1. The number of nitrogens with zero attached hydrogens (tertiary/aromatic N) is 1. The van der Waals surface area contributed by atoms with Crippen LogP contribution in [0.25, 0.3) is 0 Å². The van der Waals surface area contributed by atoms with Gasteiger partial charge in [0.1, 0.15) is 0 Å². The van der Waals surface area contributed by atoms with Crippen LogP contribution in [0.15, 0.2) is 24.3 Å². The second kappa shape index (κ2) is 7.71. The van der Waals surface area contributed by atoms with Gasteiger partial charge >= 0.3 is 0 Å². The van der Waals surface area contributed by atoms with Crippen LogP contribution in [0.4, 0.5) is 5.69 Å². The summed E-state index contributed by atoms with van der Waals surface area (Å²) >= 11 is 0. The first-order valence-corrected chi connectivity index (χ1v) is 6.54. The molecule has 0 bridgehead atoms. The van der Waals surface area contributed by atoms with Crippen LogP contribution in [-0.4, -0.2) is 37.0 Å². The minimum atomic E-state index is -0.0966. The molecule has 0 saturated carbocycles. The minimum Gasteiger partial charge on any atom is -0.398 e. The standard InChI is InChI=1S/C14H23N3O/c1-3-10-17(4-2)11-9-16-14(18)12-7-5-6-8-13(12)15/h5-8H,3-4,9-11,15H2,1-2H3,(H,16,18). The lowest BCUT2D eigenvalue weighted by Crippen LogP contribution is -2.35. The summed E-state index contributed by atoms with van der Waals surface area (Å²) in [4.78, 5) is 14.2. The zero-order chi connectivity index (χ0) is 13.4. The molecule has 1 aromatic rings. The molecule has 1 amide bonds. The van der Waals surface area contributed by atoms with Crippen LogP contribution in [-0.2, 0) is 0 Å². The number of hydrogen-bond donors (Lipinski definition) is 2. The van der Waals surface area contributed by atoms with Crippen molar-refractivity contribution in [2.75, 3.05) is 31.9 Å². The second-order valence-corrected chi connectivity index (χ2v) is 4.28. The van der Waals surface area contributed by atoms with Gasteiger partial charge in [0.15, 0.2) is 0 Å². The van der Waals surface area contributed by atoms with Gasteiger partial charge in [-0.25, -0.2) is 0 Å². The van der Waals surface area contributed by atoms with Gasteiger partial charge in [-0.15, -0.1) is 0 Å². The molecule has 18 heavy (non-hydrogen) atoms. The number of amides is 1. The number of hydrogen-bond acceptors (Lipinski definition) is 3. The van der Waals surface area contributed by atoms with Crippen molar-refractivity contribution < 1.29 is 4.79 Å². The van der Waals surface area contributed by atoms with Gasteiger partial charge in [0.2, 0.25) is 0 Å². The Morgan fingerprint density at radius 1 is 1.28 bits per heavy atom. The van der Waals surface area contributed by atoms with Gasteiger partial charge in [-0.1, -0.05) is 26.0 Å². The van der Waals surface area contributed by atoms with Crippen molar-refractivity contribution in [3.63, 3.8) is 0 Å². The van der Waals surface area contributed by atoms with E-state index >= 15 is 0 Å². The first-order chi connectivity index (χ1) is 8.69. The molecule has 4 heteroatoms. The van der Waals surface area contributed by atoms with E-state index in [1.54, 1.807) is 12.1 Å². The van der Waals surface area contributed by atoms with Crippen molar-refractivity contribution in [1.29, 1.82) is 0 Å². The third-order valence-corrected chi connectivity index (χ3v) is 2.91. The van der Waals surface area contributed by atoms with Gasteiger partial charge in [-0.3, -0.25) is 4.79 Å². The summed E-state index contributed by atoms with van der Waals surface area (Å²) in [6, 6.07) is 7.13. The quantitative estimate of drug-likeness (QED) is 0.724. The molecule has 0 fully saturated rings. The molecule has 1 aromatic carbocycles. The number of likely N-dealkylation sites (N-methyl/N-ethyl adjacent to an activating group) is 1. The molecule has 100 valence electrons. The number of carbonyl (C=O) groups is 1. The summed E-state index contributed by atoms with van der Waals surface area (Å²) in [5, 5.41) is 2.90. The van der Waals surface area contributed by atoms with Gasteiger partial charge < -0.3 is 16.0 Å². The summed E-state index contributed by atoms with van der Waals surface area (Å²) in [7, 11) is 0. The molecule has 4 nitrogen and oxygen atoms in total. The van der Waals surface area contributed by atoms with E-state index in [2.05, 4.69) is 24.1 Å². The fraction of sp³-hybridized carbons (Fsp3) is 0.500. The van der Waals surface area contributed by atoms with Gasteiger partial charge in [-0.05, 0) is 31.6 Å². The highest BCUT2D eigenvalue weighted by molar-refractivity contribution is 5.99. The van der Waals surface area contributed by atoms with E-state index in [-0.39, 0.29) is 5.91 Å². The molecular formula is C14H23N3O. The molecule has 0 spiro atoms. The van der Waals surface area contributed by atoms with Crippen molar-refractivity contribution in [2.24, 2.45) is 0 Å². The average molecular weight is 249 g/mol. The van der Waals surface area contributed by atoms with Crippen LogP contribution in [0.3, 0.4) is 0 Å². The lowest BCUT2D eigenvalue weighted by atomic mass is 10.1. The first-order valence-electron chi connectivity index (χ1n) is 6.54. The average Bonchev–Trinajstić information content (AvgIpc) is 2.38. The van der Waals surface area contributed by atoms with Gasteiger partial charge in [0.05, 0.1) is 5.56 Å². The Kier molecular flexibility index (Phi) is 6.22. The van der Waals surface area contributed by atoms with Crippen molar-refractivity contribution in [3.8, 4) is 0 Å². The molecule has 0 aliphatic carbocycles. The van der Waals surface area contributed by atoms with Crippen molar-refractivity contribution in [3.05, 3.63) is 29.8 Å². The van der Waals surface area contributed by atoms with E-state index < -0.39 is 0 Å². The highest BCUT2D eigenvalue weighted by Gasteiger charge is 2.08. The fourth-order valence-electron chi connectivity index (χ4n) is 1.87. The van der Waals surface area contributed by atoms with Crippen LogP contribution in [0.5, 0.6) is 0 Å². The van der Waals surface area contributed by atoms with E-state index in [1.807, 2.05) is 12.1 Å². The Morgan fingerprint density at radius 2 is 2.00 bits per heavy atom. The largest absolute Gasteiger partial charge is 0.398 e. The topological polar surface area (TPSA) is 58.4 Å². The van der Waals surface area contributed by atoms with Crippen LogP contribution in [0, 0.1) is 0 Å². The molecule has 0 saturated heterocycles.